The van der Waals surface area contributed by atoms with Gasteiger partial charge in [0, 0.05) is 4.47 Å². The lowest BCUT2D eigenvalue weighted by Crippen LogP contribution is -2.43. The first-order valence-corrected chi connectivity index (χ1v) is 6.35. The zero-order valence-corrected chi connectivity index (χ0v) is 11.5. The summed E-state index contributed by atoms with van der Waals surface area (Å²) in [5.41, 5.74) is -3.97. The average Bonchev–Trinajstić information content (AvgIpc) is 2.37. The fourth-order valence-electron chi connectivity index (χ4n) is 1.90. The Morgan fingerprint density at radius 2 is 1.50 bits per heavy atom. The van der Waals surface area contributed by atoms with Gasteiger partial charge in [-0.1, -0.05) is 40.2 Å². The van der Waals surface area contributed by atoms with Gasteiger partial charge in [0.05, 0.1) is 0 Å². The maximum atomic E-state index is 13.3. The SMILES string of the molecule is OC(c1ccc(F)cc1)(c1cccc(Br)c1)C(F)(F)F. The van der Waals surface area contributed by atoms with E-state index in [9.17, 15) is 22.7 Å². The van der Waals surface area contributed by atoms with Crippen LogP contribution in [0.2, 0.25) is 0 Å². The number of alkyl halides is 3. The van der Waals surface area contributed by atoms with E-state index in [0.29, 0.717) is 4.47 Å². The maximum absolute atomic E-state index is 13.3. The number of hydrogen-bond acceptors (Lipinski definition) is 1. The zero-order chi connectivity index (χ0) is 15.0. The molecule has 0 fully saturated rings. The Morgan fingerprint density at radius 3 is 2.00 bits per heavy atom. The standard InChI is InChI=1S/C14H9BrF4O/c15-11-3-1-2-10(8-11)13(20,14(17,18)19)9-4-6-12(16)7-5-9/h1-8,20H. The normalized spacial score (nSPS) is 14.9. The van der Waals surface area contributed by atoms with Crippen molar-refractivity contribution in [3.8, 4) is 0 Å². The topological polar surface area (TPSA) is 20.2 Å². The molecule has 2 aromatic carbocycles. The molecule has 0 bridgehead atoms. The molecule has 0 aliphatic carbocycles. The largest absolute Gasteiger partial charge is 0.425 e. The summed E-state index contributed by atoms with van der Waals surface area (Å²) >= 11 is 3.07. The highest BCUT2D eigenvalue weighted by molar-refractivity contribution is 9.10. The van der Waals surface area contributed by atoms with E-state index in [-0.39, 0.29) is 5.56 Å². The molecule has 6 heteroatoms. The van der Waals surface area contributed by atoms with Crippen molar-refractivity contribution in [2.75, 3.05) is 0 Å². The minimum Gasteiger partial charge on any atom is -0.372 e. The van der Waals surface area contributed by atoms with Crippen LogP contribution in [-0.4, -0.2) is 11.3 Å². The molecule has 106 valence electrons. The molecular formula is C14H9BrF4O. The van der Waals surface area contributed by atoms with Crippen molar-refractivity contribution < 1.29 is 22.7 Å². The van der Waals surface area contributed by atoms with E-state index in [4.69, 9.17) is 0 Å². The fraction of sp³-hybridized carbons (Fsp3) is 0.143. The van der Waals surface area contributed by atoms with Crippen LogP contribution in [0.1, 0.15) is 11.1 Å². The monoisotopic (exact) mass is 348 g/mol. The molecule has 0 amide bonds. The highest BCUT2D eigenvalue weighted by Gasteiger charge is 2.56. The number of halogens is 5. The van der Waals surface area contributed by atoms with Crippen molar-refractivity contribution in [3.63, 3.8) is 0 Å². The van der Waals surface area contributed by atoms with E-state index >= 15 is 0 Å². The second-order valence-electron chi connectivity index (χ2n) is 4.23. The molecule has 0 aliphatic rings. The summed E-state index contributed by atoms with van der Waals surface area (Å²) in [6, 6.07) is 8.88. The molecule has 0 aliphatic heterocycles. The molecule has 20 heavy (non-hydrogen) atoms. The minimum absolute atomic E-state index is 0.342. The van der Waals surface area contributed by atoms with E-state index in [1.165, 1.54) is 18.2 Å². The van der Waals surface area contributed by atoms with Gasteiger partial charge in [-0.3, -0.25) is 0 Å². The molecule has 2 aromatic rings. The van der Waals surface area contributed by atoms with Crippen molar-refractivity contribution in [3.05, 3.63) is 69.9 Å². The minimum atomic E-state index is -4.94. The Morgan fingerprint density at radius 1 is 0.900 bits per heavy atom. The third-order valence-corrected chi connectivity index (χ3v) is 3.41. The van der Waals surface area contributed by atoms with E-state index in [1.54, 1.807) is 6.07 Å². The van der Waals surface area contributed by atoms with Gasteiger partial charge in [0.15, 0.2) is 0 Å². The lowest BCUT2D eigenvalue weighted by Gasteiger charge is -2.31. The first-order valence-electron chi connectivity index (χ1n) is 5.56. The van der Waals surface area contributed by atoms with Crippen LogP contribution in [0.3, 0.4) is 0 Å². The van der Waals surface area contributed by atoms with Gasteiger partial charge in [-0.2, -0.15) is 13.2 Å². The number of rotatable bonds is 2. The van der Waals surface area contributed by atoms with Crippen molar-refractivity contribution in [2.45, 2.75) is 11.8 Å². The van der Waals surface area contributed by atoms with Crippen LogP contribution in [0.5, 0.6) is 0 Å². The van der Waals surface area contributed by atoms with Crippen molar-refractivity contribution in [1.82, 2.24) is 0 Å². The van der Waals surface area contributed by atoms with E-state index in [0.717, 1.165) is 24.3 Å². The summed E-state index contributed by atoms with van der Waals surface area (Å²) in [5.74, 6) is -0.674. The average molecular weight is 349 g/mol. The Balaban J connectivity index is 2.66. The molecule has 1 N–H and O–H groups in total. The lowest BCUT2D eigenvalue weighted by molar-refractivity contribution is -0.248. The zero-order valence-electron chi connectivity index (χ0n) is 9.96. The summed E-state index contributed by atoms with van der Waals surface area (Å²) in [4.78, 5) is 0. The Bertz CT molecular complexity index is 609. The van der Waals surface area contributed by atoms with Crippen LogP contribution in [0.4, 0.5) is 17.6 Å². The molecule has 2 rings (SSSR count). The number of hydrogen-bond donors (Lipinski definition) is 1. The van der Waals surface area contributed by atoms with Crippen LogP contribution >= 0.6 is 15.9 Å². The molecular weight excluding hydrogens is 340 g/mol. The highest BCUT2D eigenvalue weighted by Crippen LogP contribution is 2.44. The highest BCUT2D eigenvalue weighted by atomic mass is 79.9. The van der Waals surface area contributed by atoms with Crippen LogP contribution in [0.15, 0.2) is 53.0 Å². The third kappa shape index (κ3) is 2.58. The predicted molar refractivity (Wildman–Crippen MR) is 69.6 cm³/mol. The van der Waals surface area contributed by atoms with E-state index in [2.05, 4.69) is 15.9 Å². The van der Waals surface area contributed by atoms with Crippen molar-refractivity contribution in [1.29, 1.82) is 0 Å². The van der Waals surface area contributed by atoms with E-state index in [1.807, 2.05) is 0 Å². The molecule has 0 saturated heterocycles. The first-order chi connectivity index (χ1) is 9.25. The first kappa shape index (κ1) is 15.0. The van der Waals surface area contributed by atoms with Crippen LogP contribution < -0.4 is 0 Å². The summed E-state index contributed by atoms with van der Waals surface area (Å²) < 4.78 is 53.3. The lowest BCUT2D eigenvalue weighted by atomic mass is 9.86. The van der Waals surface area contributed by atoms with Crippen molar-refractivity contribution >= 4 is 15.9 Å². The Labute approximate surface area is 121 Å². The molecule has 0 heterocycles. The Hall–Kier alpha value is -1.40. The van der Waals surface area contributed by atoms with Gasteiger partial charge in [0.1, 0.15) is 5.82 Å². The quantitative estimate of drug-likeness (QED) is 0.798. The molecule has 0 saturated carbocycles. The van der Waals surface area contributed by atoms with Crippen LogP contribution in [-0.2, 0) is 5.60 Å². The predicted octanol–water partition coefficient (Wildman–Crippen LogP) is 4.39. The second kappa shape index (κ2) is 5.18. The van der Waals surface area contributed by atoms with Gasteiger partial charge in [0.2, 0.25) is 5.60 Å². The van der Waals surface area contributed by atoms with Gasteiger partial charge in [-0.25, -0.2) is 4.39 Å². The van der Waals surface area contributed by atoms with Crippen LogP contribution in [0.25, 0.3) is 0 Å². The Kier molecular flexibility index (Phi) is 3.88. The smallest absolute Gasteiger partial charge is 0.372 e. The number of benzene rings is 2. The maximum Gasteiger partial charge on any atom is 0.425 e. The van der Waals surface area contributed by atoms with Gasteiger partial charge >= 0.3 is 6.18 Å². The number of aliphatic hydroxyl groups is 1. The molecule has 0 spiro atoms. The third-order valence-electron chi connectivity index (χ3n) is 2.91. The molecule has 1 atom stereocenters. The molecule has 0 aromatic heterocycles. The van der Waals surface area contributed by atoms with Gasteiger partial charge in [0.25, 0.3) is 0 Å². The summed E-state index contributed by atoms with van der Waals surface area (Å²) in [6.07, 6.45) is -4.94. The van der Waals surface area contributed by atoms with Gasteiger partial charge in [-0.15, -0.1) is 0 Å². The summed E-state index contributed by atoms with van der Waals surface area (Å²) in [5, 5.41) is 10.2. The van der Waals surface area contributed by atoms with Gasteiger partial charge in [-0.05, 0) is 35.4 Å². The molecule has 1 unspecified atom stereocenters. The molecule has 0 radical (unpaired) electrons. The second-order valence-corrected chi connectivity index (χ2v) is 5.14. The summed E-state index contributed by atoms with van der Waals surface area (Å²) in [7, 11) is 0. The summed E-state index contributed by atoms with van der Waals surface area (Å²) in [6.45, 7) is 0. The van der Waals surface area contributed by atoms with Gasteiger partial charge < -0.3 is 5.11 Å². The molecule has 1 nitrogen and oxygen atoms in total. The van der Waals surface area contributed by atoms with Crippen molar-refractivity contribution in [2.24, 2.45) is 0 Å². The fourth-order valence-corrected chi connectivity index (χ4v) is 2.30. The van der Waals surface area contributed by atoms with E-state index < -0.39 is 23.2 Å². The van der Waals surface area contributed by atoms with Crippen LogP contribution in [0, 0.1) is 5.82 Å².